The van der Waals surface area contributed by atoms with Crippen molar-refractivity contribution in [2.24, 2.45) is 0 Å². The van der Waals surface area contributed by atoms with E-state index >= 15 is 0 Å². The summed E-state index contributed by atoms with van der Waals surface area (Å²) in [7, 11) is 0. The van der Waals surface area contributed by atoms with E-state index in [1.54, 1.807) is 11.3 Å². The van der Waals surface area contributed by atoms with Crippen LogP contribution in [0.3, 0.4) is 0 Å². The Morgan fingerprint density at radius 2 is 2.27 bits per heavy atom. The van der Waals surface area contributed by atoms with Crippen molar-refractivity contribution in [2.75, 3.05) is 0 Å². The number of thiophene rings is 1. The quantitative estimate of drug-likeness (QED) is 0.546. The summed E-state index contributed by atoms with van der Waals surface area (Å²) in [6.45, 7) is 2.02. The fourth-order valence-electron chi connectivity index (χ4n) is 0.975. The highest BCUT2D eigenvalue weighted by Crippen LogP contribution is 2.21. The summed E-state index contributed by atoms with van der Waals surface area (Å²) >= 11 is 3.83. The molecule has 2 rings (SSSR count). The second kappa shape index (κ2) is 2.67. The number of halogens is 1. The highest BCUT2D eigenvalue weighted by atomic mass is 127. The van der Waals surface area contributed by atoms with Crippen LogP contribution in [0.5, 0.6) is 0 Å². The van der Waals surface area contributed by atoms with Crippen molar-refractivity contribution in [3.63, 3.8) is 0 Å². The molecule has 0 N–H and O–H groups in total. The number of fused-ring (bicyclic) bond motifs is 1. The Morgan fingerprint density at radius 3 is 3.09 bits per heavy atom. The molecule has 0 saturated carbocycles. The maximum Gasteiger partial charge on any atom is 0.191 e. The van der Waals surface area contributed by atoms with E-state index in [0.717, 1.165) is 15.0 Å². The summed E-state index contributed by atoms with van der Waals surface area (Å²) in [5, 5.41) is 2.04. The number of nitrogens with zero attached hydrogens (tertiary/aromatic N) is 2. The lowest BCUT2D eigenvalue weighted by atomic mass is 10.4. The highest BCUT2D eigenvalue weighted by molar-refractivity contribution is 14.1. The van der Waals surface area contributed by atoms with Crippen LogP contribution in [0.1, 0.15) is 5.69 Å². The molecule has 0 bridgehead atoms. The molecule has 2 nitrogen and oxygen atoms in total. The first kappa shape index (κ1) is 7.42. The van der Waals surface area contributed by atoms with Crippen LogP contribution < -0.4 is 0 Å². The first-order valence-electron chi connectivity index (χ1n) is 3.15. The zero-order valence-corrected chi connectivity index (χ0v) is 8.81. The Hall–Kier alpha value is -0.230. The van der Waals surface area contributed by atoms with Gasteiger partial charge in [-0.05, 0) is 18.4 Å². The summed E-state index contributed by atoms with van der Waals surface area (Å²) in [4.78, 5) is 8.54. The Kier molecular flexibility index (Phi) is 1.80. The Bertz CT molecular complexity index is 396. The molecule has 0 radical (unpaired) electrons. The predicted octanol–water partition coefficient (Wildman–Crippen LogP) is 2.60. The number of hydrogen-bond donors (Lipinski definition) is 0. The second-order valence-corrected chi connectivity index (χ2v) is 4.09. The van der Waals surface area contributed by atoms with Crippen LogP contribution in [0.2, 0.25) is 0 Å². The lowest BCUT2D eigenvalue weighted by Crippen LogP contribution is -1.89. The summed E-state index contributed by atoms with van der Waals surface area (Å²) in [5.41, 5.74) is 2.14. The van der Waals surface area contributed by atoms with Crippen molar-refractivity contribution in [1.82, 2.24) is 9.97 Å². The molecule has 56 valence electrons. The van der Waals surface area contributed by atoms with Gasteiger partial charge >= 0.3 is 0 Å². The van der Waals surface area contributed by atoms with E-state index in [1.807, 2.05) is 18.4 Å². The van der Waals surface area contributed by atoms with Gasteiger partial charge in [0, 0.05) is 22.6 Å². The molecule has 2 aromatic rings. The van der Waals surface area contributed by atoms with E-state index in [0.29, 0.717) is 0 Å². The molecule has 0 amide bonds. The lowest BCUT2D eigenvalue weighted by molar-refractivity contribution is 1.10. The molecular formula is C7H5IN2S. The van der Waals surface area contributed by atoms with Crippen LogP contribution in [0.25, 0.3) is 10.2 Å². The van der Waals surface area contributed by atoms with Gasteiger partial charge in [-0.2, -0.15) is 0 Å². The summed E-state index contributed by atoms with van der Waals surface area (Å²) in [6.07, 6.45) is 0. The standard InChI is InChI=1S/C7H5IN2S/c1-4-6-5(2-3-11-6)10-7(8)9-4/h2-3H,1H3. The predicted molar refractivity (Wildman–Crippen MR) is 54.9 cm³/mol. The number of rotatable bonds is 0. The molecule has 2 heterocycles. The molecule has 0 aromatic carbocycles. The van der Waals surface area contributed by atoms with Crippen LogP contribution in [0.15, 0.2) is 11.4 Å². The first-order chi connectivity index (χ1) is 5.27. The van der Waals surface area contributed by atoms with Gasteiger partial charge in [0.2, 0.25) is 0 Å². The summed E-state index contributed by atoms with van der Waals surface area (Å²) in [5.74, 6) is 0. The van der Waals surface area contributed by atoms with Gasteiger partial charge in [0.15, 0.2) is 3.83 Å². The maximum atomic E-state index is 4.28. The van der Waals surface area contributed by atoms with E-state index in [2.05, 4.69) is 32.6 Å². The minimum atomic E-state index is 0.825. The van der Waals surface area contributed by atoms with Crippen molar-refractivity contribution < 1.29 is 0 Å². The molecule has 0 spiro atoms. The smallest absolute Gasteiger partial charge is 0.191 e. The molecule has 2 aromatic heterocycles. The Labute approximate surface area is 81.8 Å². The average Bonchev–Trinajstić information content (AvgIpc) is 2.34. The Morgan fingerprint density at radius 1 is 1.45 bits per heavy atom. The molecule has 0 saturated heterocycles. The fourth-order valence-corrected chi connectivity index (χ4v) is 2.38. The molecule has 0 fully saturated rings. The number of hydrogen-bond acceptors (Lipinski definition) is 3. The normalized spacial score (nSPS) is 10.7. The van der Waals surface area contributed by atoms with Crippen LogP contribution in [-0.4, -0.2) is 9.97 Å². The van der Waals surface area contributed by atoms with Gasteiger partial charge in [0.05, 0.1) is 15.9 Å². The topological polar surface area (TPSA) is 25.8 Å². The molecule has 0 aliphatic carbocycles. The van der Waals surface area contributed by atoms with Gasteiger partial charge in [0.25, 0.3) is 0 Å². The zero-order chi connectivity index (χ0) is 7.84. The van der Waals surface area contributed by atoms with Gasteiger partial charge in [0.1, 0.15) is 0 Å². The summed E-state index contributed by atoms with van der Waals surface area (Å²) in [6, 6.07) is 2.02. The highest BCUT2D eigenvalue weighted by Gasteiger charge is 2.01. The van der Waals surface area contributed by atoms with Crippen molar-refractivity contribution in [3.8, 4) is 0 Å². The third-order valence-electron chi connectivity index (χ3n) is 1.45. The van der Waals surface area contributed by atoms with Crippen LogP contribution >= 0.6 is 33.9 Å². The van der Waals surface area contributed by atoms with Crippen molar-refractivity contribution in [2.45, 2.75) is 6.92 Å². The van der Waals surface area contributed by atoms with Gasteiger partial charge in [-0.3, -0.25) is 0 Å². The van der Waals surface area contributed by atoms with Crippen LogP contribution in [0, 0.1) is 10.8 Å². The van der Waals surface area contributed by atoms with Gasteiger partial charge in [-0.25, -0.2) is 9.97 Å². The van der Waals surface area contributed by atoms with Crippen LogP contribution in [-0.2, 0) is 0 Å². The lowest BCUT2D eigenvalue weighted by Gasteiger charge is -1.94. The van der Waals surface area contributed by atoms with E-state index < -0.39 is 0 Å². The summed E-state index contributed by atoms with van der Waals surface area (Å²) < 4.78 is 2.02. The van der Waals surface area contributed by atoms with E-state index in [-0.39, 0.29) is 0 Å². The van der Waals surface area contributed by atoms with E-state index in [1.165, 1.54) is 4.70 Å². The third kappa shape index (κ3) is 1.24. The largest absolute Gasteiger partial charge is 0.227 e. The molecular weight excluding hydrogens is 271 g/mol. The molecule has 4 heteroatoms. The molecule has 0 unspecified atom stereocenters. The molecule has 11 heavy (non-hydrogen) atoms. The van der Waals surface area contributed by atoms with Crippen molar-refractivity contribution in [3.05, 3.63) is 21.0 Å². The van der Waals surface area contributed by atoms with Gasteiger partial charge in [-0.1, -0.05) is 0 Å². The van der Waals surface area contributed by atoms with Crippen LogP contribution in [0.4, 0.5) is 0 Å². The zero-order valence-electron chi connectivity index (χ0n) is 5.84. The van der Waals surface area contributed by atoms with Crippen molar-refractivity contribution in [1.29, 1.82) is 0 Å². The SMILES string of the molecule is Cc1nc(I)nc2ccsc12. The monoisotopic (exact) mass is 276 g/mol. The minimum Gasteiger partial charge on any atom is -0.227 e. The second-order valence-electron chi connectivity index (χ2n) is 2.21. The van der Waals surface area contributed by atoms with Gasteiger partial charge in [-0.15, -0.1) is 11.3 Å². The fraction of sp³-hybridized carbons (Fsp3) is 0.143. The molecule has 0 aliphatic heterocycles. The average molecular weight is 276 g/mol. The van der Waals surface area contributed by atoms with E-state index in [9.17, 15) is 0 Å². The molecule has 0 atom stereocenters. The van der Waals surface area contributed by atoms with E-state index in [4.69, 9.17) is 0 Å². The number of aryl methyl sites for hydroxylation is 1. The maximum absolute atomic E-state index is 4.28. The van der Waals surface area contributed by atoms with Crippen molar-refractivity contribution >= 4 is 44.1 Å². The number of aromatic nitrogens is 2. The first-order valence-corrected chi connectivity index (χ1v) is 5.10. The minimum absolute atomic E-state index is 0.825. The Balaban J connectivity index is 2.91. The third-order valence-corrected chi connectivity index (χ3v) is 2.94. The van der Waals surface area contributed by atoms with Gasteiger partial charge < -0.3 is 0 Å². The molecule has 0 aliphatic rings.